The van der Waals surface area contributed by atoms with Crippen molar-refractivity contribution in [3.05, 3.63) is 65.5 Å². The Bertz CT molecular complexity index is 2350. The number of anilines is 4. The number of nitrogens with zero attached hydrogens (tertiary/aromatic N) is 6. The number of imide groups is 2. The number of amides is 6. The maximum Gasteiger partial charge on any atom is 0.271 e. The predicted molar refractivity (Wildman–Crippen MR) is 219 cm³/mol. The Morgan fingerprint density at radius 3 is 2.35 bits per heavy atom. The molecule has 4 fully saturated rings. The minimum absolute atomic E-state index is 0.0371. The first kappa shape index (κ1) is 40.8. The van der Waals surface area contributed by atoms with Crippen LogP contribution in [-0.4, -0.2) is 128 Å². The molecule has 0 spiro atoms. The van der Waals surface area contributed by atoms with Gasteiger partial charge < -0.3 is 31.1 Å². The molecule has 0 bridgehead atoms. The van der Waals surface area contributed by atoms with Crippen LogP contribution in [0.3, 0.4) is 0 Å². The van der Waals surface area contributed by atoms with E-state index in [1.165, 1.54) is 18.3 Å². The lowest BCUT2D eigenvalue weighted by molar-refractivity contribution is -0.136. The summed E-state index contributed by atoms with van der Waals surface area (Å²) in [6.45, 7) is 5.18. The lowest BCUT2D eigenvalue weighted by atomic mass is 9.95. The van der Waals surface area contributed by atoms with Crippen molar-refractivity contribution in [3.63, 3.8) is 0 Å². The van der Waals surface area contributed by atoms with Crippen molar-refractivity contribution in [2.75, 3.05) is 67.2 Å². The van der Waals surface area contributed by atoms with Gasteiger partial charge in [-0.2, -0.15) is 0 Å². The molecule has 5 aliphatic heterocycles. The molecule has 6 amide bonds. The van der Waals surface area contributed by atoms with E-state index in [1.807, 2.05) is 11.0 Å². The number of fused-ring (bicyclic) bond motifs is 1. The van der Waals surface area contributed by atoms with Gasteiger partial charge in [0.2, 0.25) is 17.7 Å². The van der Waals surface area contributed by atoms with Gasteiger partial charge in [0.05, 0.1) is 28.1 Å². The van der Waals surface area contributed by atoms with Crippen LogP contribution in [0.25, 0.3) is 0 Å². The molecule has 8 rings (SSSR count). The summed E-state index contributed by atoms with van der Waals surface area (Å²) in [6.07, 6.45) is 7.09. The van der Waals surface area contributed by atoms with E-state index in [4.69, 9.17) is 5.73 Å². The third-order valence-electron chi connectivity index (χ3n) is 12.2. The summed E-state index contributed by atoms with van der Waals surface area (Å²) in [7, 11) is -3.38. The quantitative estimate of drug-likeness (QED) is 0.200. The van der Waals surface area contributed by atoms with Gasteiger partial charge in [0, 0.05) is 69.4 Å². The minimum Gasteiger partial charge on any atom is -0.371 e. The zero-order chi connectivity index (χ0) is 42.3. The van der Waals surface area contributed by atoms with Crippen molar-refractivity contribution in [3.8, 4) is 0 Å². The standard InChI is InChI=1S/C41H48N10O8S/c1-60(58,59)29-7-4-26(5-8-29)44-37-35(36(42)53)43-20-33(46-37)50-15-2-3-27(23-50)45-38(54)25-14-16-48(22-25)21-24-12-17-49(18-13-24)28-6-9-30-31(19-28)41(57)51(40(30)56)32-10-11-34(52)47-39(32)55/h4-9,19-20,24-25,27,32H,2-3,10-18,21-23H2,1H3,(H2,42,53)(H,44,46)(H,45,54)(H,47,52,55). The van der Waals surface area contributed by atoms with Gasteiger partial charge in [0.25, 0.3) is 17.7 Å². The van der Waals surface area contributed by atoms with Crippen molar-refractivity contribution < 1.29 is 37.2 Å². The average Bonchev–Trinajstić information content (AvgIpc) is 3.79. The Hall–Kier alpha value is -5.95. The molecule has 5 aliphatic rings. The molecule has 4 saturated heterocycles. The molecule has 5 N–H and O–H groups in total. The molecule has 2 aromatic carbocycles. The number of sulfone groups is 1. The van der Waals surface area contributed by atoms with Crippen LogP contribution in [0.4, 0.5) is 23.0 Å². The fraction of sp³-hybridized carbons (Fsp3) is 0.463. The summed E-state index contributed by atoms with van der Waals surface area (Å²) < 4.78 is 23.8. The molecule has 60 heavy (non-hydrogen) atoms. The van der Waals surface area contributed by atoms with Crippen molar-refractivity contribution in [1.82, 2.24) is 30.4 Å². The van der Waals surface area contributed by atoms with Gasteiger partial charge in [-0.3, -0.25) is 39.0 Å². The van der Waals surface area contributed by atoms with Crippen LogP contribution in [0.15, 0.2) is 53.6 Å². The van der Waals surface area contributed by atoms with Gasteiger partial charge in [-0.05, 0) is 93.5 Å². The maximum atomic E-state index is 13.5. The number of hydrogen-bond donors (Lipinski definition) is 4. The predicted octanol–water partition coefficient (Wildman–Crippen LogP) is 1.45. The van der Waals surface area contributed by atoms with Gasteiger partial charge in [-0.15, -0.1) is 0 Å². The number of likely N-dealkylation sites (tertiary alicyclic amines) is 1. The smallest absolute Gasteiger partial charge is 0.271 e. The summed E-state index contributed by atoms with van der Waals surface area (Å²) in [5.41, 5.74) is 7.44. The van der Waals surface area contributed by atoms with E-state index in [2.05, 4.69) is 35.7 Å². The van der Waals surface area contributed by atoms with Crippen LogP contribution < -0.4 is 31.5 Å². The second-order valence-corrected chi connectivity index (χ2v) is 18.4. The molecule has 1 aromatic heterocycles. The minimum atomic E-state index is -3.38. The molecule has 3 unspecified atom stereocenters. The number of carbonyl (C=O) groups is 6. The van der Waals surface area contributed by atoms with Crippen LogP contribution in [0.1, 0.15) is 76.2 Å². The Balaban J connectivity index is 0.812. The lowest BCUT2D eigenvalue weighted by Crippen LogP contribution is -2.54. The number of carbonyl (C=O) groups excluding carboxylic acids is 6. The normalized spacial score (nSPS) is 22.8. The zero-order valence-electron chi connectivity index (χ0n) is 33.3. The van der Waals surface area contributed by atoms with Crippen LogP contribution >= 0.6 is 0 Å². The summed E-state index contributed by atoms with van der Waals surface area (Å²) in [4.78, 5) is 93.0. The van der Waals surface area contributed by atoms with Crippen LogP contribution in [0, 0.1) is 11.8 Å². The first-order chi connectivity index (χ1) is 28.7. The van der Waals surface area contributed by atoms with Crippen molar-refractivity contribution in [2.24, 2.45) is 17.6 Å². The van der Waals surface area contributed by atoms with E-state index in [-0.39, 0.29) is 58.2 Å². The van der Waals surface area contributed by atoms with Crippen LogP contribution in [0.5, 0.6) is 0 Å². The summed E-state index contributed by atoms with van der Waals surface area (Å²) >= 11 is 0. The molecular formula is C41H48N10O8S. The van der Waals surface area contributed by atoms with Gasteiger partial charge in [0.15, 0.2) is 21.3 Å². The number of aromatic nitrogens is 2. The number of nitrogens with two attached hydrogens (primary N) is 1. The van der Waals surface area contributed by atoms with Crippen molar-refractivity contribution >= 4 is 68.3 Å². The Labute approximate surface area is 347 Å². The molecule has 3 atom stereocenters. The van der Waals surface area contributed by atoms with E-state index in [0.29, 0.717) is 37.1 Å². The second kappa shape index (κ2) is 16.6. The zero-order valence-corrected chi connectivity index (χ0v) is 34.1. The van der Waals surface area contributed by atoms with Gasteiger partial charge in [-0.1, -0.05) is 0 Å². The number of primary amides is 1. The summed E-state index contributed by atoms with van der Waals surface area (Å²) in [5, 5.41) is 8.55. The first-order valence-corrected chi connectivity index (χ1v) is 22.2. The monoisotopic (exact) mass is 840 g/mol. The average molecular weight is 841 g/mol. The molecule has 6 heterocycles. The van der Waals surface area contributed by atoms with Crippen LogP contribution in [0.2, 0.25) is 0 Å². The highest BCUT2D eigenvalue weighted by atomic mass is 32.2. The third-order valence-corrected chi connectivity index (χ3v) is 13.3. The maximum absolute atomic E-state index is 13.5. The molecule has 316 valence electrons. The Kier molecular flexibility index (Phi) is 11.3. The molecule has 0 aliphatic carbocycles. The summed E-state index contributed by atoms with van der Waals surface area (Å²) in [6, 6.07) is 10.2. The van der Waals surface area contributed by atoms with Gasteiger partial charge in [-0.25, -0.2) is 18.4 Å². The van der Waals surface area contributed by atoms with E-state index >= 15 is 0 Å². The molecule has 0 saturated carbocycles. The fourth-order valence-electron chi connectivity index (χ4n) is 8.95. The highest BCUT2D eigenvalue weighted by molar-refractivity contribution is 7.90. The summed E-state index contributed by atoms with van der Waals surface area (Å²) in [5.74, 6) is -1.80. The topological polar surface area (TPSA) is 237 Å². The van der Waals surface area contributed by atoms with Gasteiger partial charge in [0.1, 0.15) is 11.9 Å². The van der Waals surface area contributed by atoms with E-state index in [9.17, 15) is 37.2 Å². The van der Waals surface area contributed by atoms with Gasteiger partial charge >= 0.3 is 0 Å². The molecule has 3 aromatic rings. The Morgan fingerprint density at radius 2 is 1.63 bits per heavy atom. The highest BCUT2D eigenvalue weighted by Gasteiger charge is 2.45. The molecule has 0 radical (unpaired) electrons. The number of nitrogens with one attached hydrogen (secondary N) is 3. The van der Waals surface area contributed by atoms with E-state index < -0.39 is 45.4 Å². The van der Waals surface area contributed by atoms with Crippen molar-refractivity contribution in [2.45, 2.75) is 61.9 Å². The number of hydrogen-bond acceptors (Lipinski definition) is 14. The van der Waals surface area contributed by atoms with Crippen LogP contribution in [-0.2, 0) is 24.2 Å². The van der Waals surface area contributed by atoms with E-state index in [1.54, 1.807) is 24.3 Å². The fourth-order valence-corrected chi connectivity index (χ4v) is 9.58. The molecular weight excluding hydrogens is 793 g/mol. The number of benzene rings is 2. The Morgan fingerprint density at radius 1 is 0.883 bits per heavy atom. The lowest BCUT2D eigenvalue weighted by Gasteiger charge is -2.35. The number of rotatable bonds is 11. The highest BCUT2D eigenvalue weighted by Crippen LogP contribution is 2.33. The molecule has 19 heteroatoms. The first-order valence-electron chi connectivity index (χ1n) is 20.3. The molecule has 18 nitrogen and oxygen atoms in total. The van der Waals surface area contributed by atoms with Crippen molar-refractivity contribution in [1.29, 1.82) is 0 Å². The third kappa shape index (κ3) is 8.54. The SMILES string of the molecule is CS(=O)(=O)c1ccc(Nc2nc(N3CCCC(NC(=O)C4CCN(CC5CCN(c6ccc7c(c6)C(=O)N(C6CCC(=O)NC6=O)C7=O)CC5)C4)C3)cnc2C(N)=O)cc1. The number of piperidine rings is 3. The van der Waals surface area contributed by atoms with E-state index in [0.717, 1.165) is 75.1 Å². The largest absolute Gasteiger partial charge is 0.371 e. The second-order valence-electron chi connectivity index (χ2n) is 16.4.